The Morgan fingerprint density at radius 1 is 1.26 bits per heavy atom. The van der Waals surface area contributed by atoms with Crippen molar-refractivity contribution >= 4 is 0 Å². The molecule has 19 heavy (non-hydrogen) atoms. The minimum absolute atomic E-state index is 0.559. The number of aryl methyl sites for hydroxylation is 1. The summed E-state index contributed by atoms with van der Waals surface area (Å²) in [4.78, 5) is 4.40. The summed E-state index contributed by atoms with van der Waals surface area (Å²) in [6.07, 6.45) is 5.23. The van der Waals surface area contributed by atoms with Gasteiger partial charge >= 0.3 is 0 Å². The summed E-state index contributed by atoms with van der Waals surface area (Å²) in [5.41, 5.74) is 5.52. The van der Waals surface area contributed by atoms with Crippen LogP contribution >= 0.6 is 0 Å². The van der Waals surface area contributed by atoms with Crippen LogP contribution in [-0.2, 0) is 12.8 Å². The van der Waals surface area contributed by atoms with Crippen molar-refractivity contribution < 1.29 is 0 Å². The molecule has 0 fully saturated rings. The number of pyridine rings is 1. The van der Waals surface area contributed by atoms with Gasteiger partial charge in [0.1, 0.15) is 0 Å². The molecule has 1 aromatic carbocycles. The fourth-order valence-electron chi connectivity index (χ4n) is 2.95. The second-order valence-electron chi connectivity index (χ2n) is 5.18. The predicted molar refractivity (Wildman–Crippen MR) is 78.2 cm³/mol. The Morgan fingerprint density at radius 3 is 3.00 bits per heavy atom. The van der Waals surface area contributed by atoms with Gasteiger partial charge < -0.3 is 5.32 Å². The van der Waals surface area contributed by atoms with Gasteiger partial charge in [0.25, 0.3) is 0 Å². The smallest absolute Gasteiger partial charge is 0.0447 e. The molecule has 0 bridgehead atoms. The number of nitrogens with one attached hydrogen (secondary N) is 1. The number of benzene rings is 1. The van der Waals surface area contributed by atoms with Gasteiger partial charge in [0.15, 0.2) is 0 Å². The van der Waals surface area contributed by atoms with Crippen molar-refractivity contribution in [2.24, 2.45) is 0 Å². The molecule has 0 spiro atoms. The molecule has 1 unspecified atom stereocenters. The molecule has 0 saturated heterocycles. The number of hydrogen-bond acceptors (Lipinski definition) is 2. The van der Waals surface area contributed by atoms with Gasteiger partial charge in [-0.1, -0.05) is 31.2 Å². The largest absolute Gasteiger partial charge is 0.310 e. The summed E-state index contributed by atoms with van der Waals surface area (Å²) in [5, 5.41) is 3.56. The minimum Gasteiger partial charge on any atom is -0.310 e. The fourth-order valence-corrected chi connectivity index (χ4v) is 2.95. The third-order valence-corrected chi connectivity index (χ3v) is 3.85. The summed E-state index contributed by atoms with van der Waals surface area (Å²) >= 11 is 0. The number of fused-ring (bicyclic) bond motifs is 1. The molecule has 98 valence electrons. The molecule has 2 aromatic rings. The van der Waals surface area contributed by atoms with E-state index in [1.807, 2.05) is 12.3 Å². The second kappa shape index (κ2) is 5.54. The van der Waals surface area contributed by atoms with E-state index in [9.17, 15) is 0 Å². The number of hydrogen-bond donors (Lipinski definition) is 1. The van der Waals surface area contributed by atoms with Crippen molar-refractivity contribution in [1.29, 1.82) is 0 Å². The van der Waals surface area contributed by atoms with E-state index in [0.717, 1.165) is 18.7 Å². The first-order valence-electron chi connectivity index (χ1n) is 7.12. The van der Waals surface area contributed by atoms with E-state index in [2.05, 4.69) is 47.6 Å². The van der Waals surface area contributed by atoms with E-state index in [0.29, 0.717) is 6.04 Å². The first kappa shape index (κ1) is 12.4. The van der Waals surface area contributed by atoms with Gasteiger partial charge in [0, 0.05) is 24.4 Å². The third kappa shape index (κ3) is 2.69. The van der Waals surface area contributed by atoms with E-state index >= 15 is 0 Å². The number of rotatable bonds is 4. The van der Waals surface area contributed by atoms with Crippen molar-refractivity contribution in [3.05, 3.63) is 65.0 Å². The predicted octanol–water partition coefficient (Wildman–Crippen LogP) is 3.27. The minimum atomic E-state index is 0.559. The summed E-state index contributed by atoms with van der Waals surface area (Å²) in [7, 11) is 0. The highest BCUT2D eigenvalue weighted by molar-refractivity contribution is 5.39. The molecule has 1 aliphatic rings. The Bertz CT molecular complexity index is 548. The molecule has 1 aromatic heterocycles. The van der Waals surface area contributed by atoms with Crippen LogP contribution in [0.5, 0.6) is 0 Å². The number of nitrogens with zero attached hydrogens (tertiary/aromatic N) is 1. The first-order chi connectivity index (χ1) is 9.36. The van der Waals surface area contributed by atoms with Gasteiger partial charge in [-0.2, -0.15) is 0 Å². The topological polar surface area (TPSA) is 24.9 Å². The van der Waals surface area contributed by atoms with Gasteiger partial charge in [-0.05, 0) is 48.2 Å². The van der Waals surface area contributed by atoms with Crippen LogP contribution in [0.15, 0.2) is 42.6 Å². The maximum absolute atomic E-state index is 4.40. The van der Waals surface area contributed by atoms with E-state index < -0.39 is 0 Å². The summed E-state index contributed by atoms with van der Waals surface area (Å²) < 4.78 is 0. The van der Waals surface area contributed by atoms with Crippen molar-refractivity contribution in [1.82, 2.24) is 10.3 Å². The van der Waals surface area contributed by atoms with Crippen LogP contribution in [0.4, 0.5) is 0 Å². The van der Waals surface area contributed by atoms with E-state index in [-0.39, 0.29) is 0 Å². The Morgan fingerprint density at radius 2 is 2.21 bits per heavy atom. The Hall–Kier alpha value is -1.67. The zero-order valence-corrected chi connectivity index (χ0v) is 11.4. The van der Waals surface area contributed by atoms with Crippen LogP contribution in [0.2, 0.25) is 0 Å². The molecule has 2 heteroatoms. The van der Waals surface area contributed by atoms with Crippen LogP contribution in [0.1, 0.15) is 41.8 Å². The highest BCUT2D eigenvalue weighted by atomic mass is 14.9. The van der Waals surface area contributed by atoms with Crippen LogP contribution in [0, 0.1) is 0 Å². The van der Waals surface area contributed by atoms with Gasteiger partial charge in [-0.3, -0.25) is 4.98 Å². The quantitative estimate of drug-likeness (QED) is 0.903. The van der Waals surface area contributed by atoms with Crippen LogP contribution in [0.3, 0.4) is 0 Å². The standard InChI is InChI=1S/C17H20N2/c1-2-18-17-9-7-14-11-13(6-8-16(14)17)12-15-5-3-4-10-19-15/h3-6,8,10-11,17-18H,2,7,9,12H2,1H3. The Balaban J connectivity index is 1.79. The van der Waals surface area contributed by atoms with Crippen molar-refractivity contribution in [2.45, 2.75) is 32.2 Å². The molecular formula is C17H20N2. The average Bonchev–Trinajstić information content (AvgIpc) is 2.83. The molecule has 0 aliphatic heterocycles. The molecule has 3 rings (SSSR count). The Labute approximate surface area is 114 Å². The van der Waals surface area contributed by atoms with Crippen LogP contribution in [-0.4, -0.2) is 11.5 Å². The molecule has 1 heterocycles. The van der Waals surface area contributed by atoms with E-state index in [1.54, 1.807) is 0 Å². The summed E-state index contributed by atoms with van der Waals surface area (Å²) in [6, 6.07) is 13.6. The van der Waals surface area contributed by atoms with E-state index in [4.69, 9.17) is 0 Å². The SMILES string of the molecule is CCNC1CCc2cc(Cc3ccccn3)ccc21. The summed E-state index contributed by atoms with van der Waals surface area (Å²) in [6.45, 7) is 3.22. The van der Waals surface area contributed by atoms with Crippen molar-refractivity contribution in [3.8, 4) is 0 Å². The molecule has 0 amide bonds. The van der Waals surface area contributed by atoms with Gasteiger partial charge in [0.2, 0.25) is 0 Å². The van der Waals surface area contributed by atoms with Crippen molar-refractivity contribution in [2.75, 3.05) is 6.54 Å². The highest BCUT2D eigenvalue weighted by Crippen LogP contribution is 2.31. The molecule has 1 N–H and O–H groups in total. The maximum atomic E-state index is 4.40. The number of aromatic nitrogens is 1. The summed E-state index contributed by atoms with van der Waals surface area (Å²) in [5.74, 6) is 0. The van der Waals surface area contributed by atoms with Gasteiger partial charge in [-0.25, -0.2) is 0 Å². The molecule has 2 nitrogen and oxygen atoms in total. The zero-order valence-electron chi connectivity index (χ0n) is 11.4. The van der Waals surface area contributed by atoms with Gasteiger partial charge in [0.05, 0.1) is 0 Å². The first-order valence-corrected chi connectivity index (χ1v) is 7.12. The lowest BCUT2D eigenvalue weighted by molar-refractivity contribution is 0.549. The average molecular weight is 252 g/mol. The second-order valence-corrected chi connectivity index (χ2v) is 5.18. The Kier molecular flexibility index (Phi) is 3.60. The highest BCUT2D eigenvalue weighted by Gasteiger charge is 2.21. The lowest BCUT2D eigenvalue weighted by Crippen LogP contribution is -2.18. The zero-order chi connectivity index (χ0) is 13.1. The maximum Gasteiger partial charge on any atom is 0.0447 e. The molecular weight excluding hydrogens is 232 g/mol. The van der Waals surface area contributed by atoms with E-state index in [1.165, 1.54) is 29.5 Å². The fraction of sp³-hybridized carbons (Fsp3) is 0.353. The van der Waals surface area contributed by atoms with Crippen LogP contribution in [0.25, 0.3) is 0 Å². The lowest BCUT2D eigenvalue weighted by Gasteiger charge is -2.12. The molecule has 1 atom stereocenters. The van der Waals surface area contributed by atoms with Crippen molar-refractivity contribution in [3.63, 3.8) is 0 Å². The third-order valence-electron chi connectivity index (χ3n) is 3.85. The normalized spacial score (nSPS) is 17.4. The van der Waals surface area contributed by atoms with Crippen LogP contribution < -0.4 is 5.32 Å². The lowest BCUT2D eigenvalue weighted by atomic mass is 10.0. The monoisotopic (exact) mass is 252 g/mol. The molecule has 0 saturated carbocycles. The molecule has 0 radical (unpaired) electrons. The molecule has 1 aliphatic carbocycles. The van der Waals surface area contributed by atoms with Gasteiger partial charge in [-0.15, -0.1) is 0 Å².